The summed E-state index contributed by atoms with van der Waals surface area (Å²) in [4.78, 5) is 26.5. The number of carbonyl (C=O) groups excluding carboxylic acids is 2. The zero-order chi connectivity index (χ0) is 21.3. The number of hydrogen-bond acceptors (Lipinski definition) is 5. The van der Waals surface area contributed by atoms with Gasteiger partial charge in [-0.05, 0) is 29.8 Å². The Morgan fingerprint density at radius 1 is 1.27 bits per heavy atom. The van der Waals surface area contributed by atoms with Crippen LogP contribution in [0.2, 0.25) is 0 Å². The maximum absolute atomic E-state index is 14.2. The summed E-state index contributed by atoms with van der Waals surface area (Å²) in [5.74, 6) is -0.147. The highest BCUT2D eigenvalue weighted by atomic mass is 19.1. The van der Waals surface area contributed by atoms with Gasteiger partial charge in [0, 0.05) is 19.5 Å². The maximum atomic E-state index is 14.2. The van der Waals surface area contributed by atoms with Crippen LogP contribution in [-0.2, 0) is 16.1 Å². The number of aromatic nitrogens is 2. The van der Waals surface area contributed by atoms with Crippen molar-refractivity contribution in [3.8, 4) is 11.5 Å². The van der Waals surface area contributed by atoms with Crippen LogP contribution in [0.15, 0.2) is 36.4 Å². The van der Waals surface area contributed by atoms with Crippen LogP contribution < -0.4 is 19.7 Å². The summed E-state index contributed by atoms with van der Waals surface area (Å²) >= 11 is 0. The molecule has 2 amide bonds. The van der Waals surface area contributed by atoms with E-state index < -0.39 is 11.7 Å². The van der Waals surface area contributed by atoms with E-state index in [1.54, 1.807) is 38.5 Å². The van der Waals surface area contributed by atoms with Crippen molar-refractivity contribution in [2.75, 3.05) is 25.7 Å². The van der Waals surface area contributed by atoms with Crippen molar-refractivity contribution in [1.82, 2.24) is 15.5 Å². The molecule has 0 saturated carbocycles. The number of amides is 2. The first-order valence-corrected chi connectivity index (χ1v) is 9.43. The molecule has 1 fully saturated rings. The Morgan fingerprint density at radius 3 is 2.83 bits per heavy atom. The zero-order valence-corrected chi connectivity index (χ0v) is 16.6. The van der Waals surface area contributed by atoms with E-state index in [1.807, 2.05) is 6.07 Å². The van der Waals surface area contributed by atoms with Gasteiger partial charge in [0.1, 0.15) is 5.82 Å². The molecule has 156 valence electrons. The first-order chi connectivity index (χ1) is 14.5. The zero-order valence-electron chi connectivity index (χ0n) is 16.6. The highest BCUT2D eigenvalue weighted by Crippen LogP contribution is 2.31. The number of halogens is 1. The molecule has 4 rings (SSSR count). The van der Waals surface area contributed by atoms with E-state index in [0.717, 1.165) is 5.56 Å². The normalized spacial score (nSPS) is 16.2. The second-order valence-electron chi connectivity index (χ2n) is 7.02. The molecule has 0 aliphatic carbocycles. The number of rotatable bonds is 6. The number of hydrogen-bond donors (Lipinski definition) is 2. The fourth-order valence-electron chi connectivity index (χ4n) is 3.62. The molecule has 2 N–H and O–H groups in total. The number of anilines is 1. The average Bonchev–Trinajstić information content (AvgIpc) is 3.36. The molecule has 1 aliphatic heterocycles. The Bertz CT molecular complexity index is 1110. The van der Waals surface area contributed by atoms with E-state index in [4.69, 9.17) is 9.47 Å². The molecule has 8 nitrogen and oxygen atoms in total. The lowest BCUT2D eigenvalue weighted by molar-refractivity contribution is -0.126. The number of aromatic amines is 1. The molecular formula is C21H21FN4O4. The third kappa shape index (κ3) is 3.54. The lowest BCUT2D eigenvalue weighted by Gasteiger charge is -2.15. The second-order valence-corrected chi connectivity index (χ2v) is 7.02. The molecule has 0 unspecified atom stereocenters. The molecule has 1 saturated heterocycles. The van der Waals surface area contributed by atoms with Crippen LogP contribution >= 0.6 is 0 Å². The molecule has 30 heavy (non-hydrogen) atoms. The van der Waals surface area contributed by atoms with E-state index in [2.05, 4.69) is 15.5 Å². The van der Waals surface area contributed by atoms with Crippen molar-refractivity contribution in [3.63, 3.8) is 0 Å². The molecule has 0 spiro atoms. The van der Waals surface area contributed by atoms with Crippen LogP contribution in [0.5, 0.6) is 11.5 Å². The topological polar surface area (TPSA) is 96.5 Å². The maximum Gasteiger partial charge on any atom is 0.229 e. The van der Waals surface area contributed by atoms with Crippen LogP contribution in [-0.4, -0.2) is 42.8 Å². The van der Waals surface area contributed by atoms with E-state index in [9.17, 15) is 14.0 Å². The Morgan fingerprint density at radius 2 is 2.07 bits per heavy atom. The second kappa shape index (κ2) is 8.02. The molecule has 2 aromatic carbocycles. The van der Waals surface area contributed by atoms with Crippen molar-refractivity contribution >= 4 is 28.5 Å². The minimum Gasteiger partial charge on any atom is -0.493 e. The largest absolute Gasteiger partial charge is 0.493 e. The van der Waals surface area contributed by atoms with Gasteiger partial charge >= 0.3 is 0 Å². The van der Waals surface area contributed by atoms with Crippen LogP contribution in [0.3, 0.4) is 0 Å². The molecule has 1 aliphatic rings. The summed E-state index contributed by atoms with van der Waals surface area (Å²) in [6.07, 6.45) is 0.0422. The Kier molecular flexibility index (Phi) is 5.26. The molecular weight excluding hydrogens is 391 g/mol. The minimum absolute atomic E-state index is 0.0422. The van der Waals surface area contributed by atoms with Crippen LogP contribution in [0.4, 0.5) is 10.2 Å². The average molecular weight is 412 g/mol. The van der Waals surface area contributed by atoms with Gasteiger partial charge in [-0.1, -0.05) is 12.1 Å². The Labute approximate surface area is 172 Å². The Hall–Kier alpha value is -3.62. The number of benzene rings is 2. The first kappa shape index (κ1) is 19.7. The fourth-order valence-corrected chi connectivity index (χ4v) is 3.62. The number of fused-ring (bicyclic) bond motifs is 1. The van der Waals surface area contributed by atoms with Crippen molar-refractivity contribution in [2.24, 2.45) is 5.92 Å². The highest BCUT2D eigenvalue weighted by Gasteiger charge is 2.37. The standard InChI is InChI=1S/C21H21FN4O4/c1-29-16-7-6-12(8-17(16)30-2)10-23-21(28)13-9-18(27)26(11-13)20-19-14(22)4-3-5-15(19)24-25-20/h3-8,13H,9-11H2,1-2H3,(H,23,28)(H,24,25)/t13-/m1/s1. The molecule has 1 aromatic heterocycles. The number of carbonyl (C=O) groups is 2. The summed E-state index contributed by atoms with van der Waals surface area (Å²) in [5.41, 5.74) is 1.33. The smallest absolute Gasteiger partial charge is 0.229 e. The molecule has 2 heterocycles. The van der Waals surface area contributed by atoms with Gasteiger partial charge in [0.2, 0.25) is 11.8 Å². The molecule has 1 atom stereocenters. The third-order valence-electron chi connectivity index (χ3n) is 5.19. The number of nitrogens with one attached hydrogen (secondary N) is 2. The van der Waals surface area contributed by atoms with Gasteiger partial charge in [-0.25, -0.2) is 4.39 Å². The SMILES string of the molecule is COc1ccc(CNC(=O)[C@@H]2CC(=O)N(c3n[nH]c4cccc(F)c34)C2)cc1OC. The lowest BCUT2D eigenvalue weighted by Crippen LogP contribution is -2.32. The van der Waals surface area contributed by atoms with Crippen molar-refractivity contribution in [3.05, 3.63) is 47.8 Å². The van der Waals surface area contributed by atoms with Crippen LogP contribution in [0.1, 0.15) is 12.0 Å². The first-order valence-electron chi connectivity index (χ1n) is 9.43. The predicted molar refractivity (Wildman–Crippen MR) is 108 cm³/mol. The van der Waals surface area contributed by atoms with Gasteiger partial charge in [0.05, 0.1) is 31.0 Å². The molecule has 0 radical (unpaired) electrons. The van der Waals surface area contributed by atoms with Crippen molar-refractivity contribution in [1.29, 1.82) is 0 Å². The number of H-pyrrole nitrogens is 1. The third-order valence-corrected chi connectivity index (χ3v) is 5.19. The van der Waals surface area contributed by atoms with Gasteiger partial charge in [-0.2, -0.15) is 5.10 Å². The van der Waals surface area contributed by atoms with Crippen molar-refractivity contribution in [2.45, 2.75) is 13.0 Å². The van der Waals surface area contributed by atoms with Gasteiger partial charge in [0.15, 0.2) is 17.3 Å². The minimum atomic E-state index is -0.545. The van der Waals surface area contributed by atoms with Gasteiger partial charge in [-0.15, -0.1) is 0 Å². The lowest BCUT2D eigenvalue weighted by atomic mass is 10.1. The van der Waals surface area contributed by atoms with Gasteiger partial charge in [-0.3, -0.25) is 19.6 Å². The Balaban J connectivity index is 1.44. The van der Waals surface area contributed by atoms with Gasteiger partial charge in [0.25, 0.3) is 0 Å². The summed E-state index contributed by atoms with van der Waals surface area (Å²) in [7, 11) is 3.09. The summed E-state index contributed by atoms with van der Waals surface area (Å²) in [5, 5.41) is 9.92. The van der Waals surface area contributed by atoms with Crippen LogP contribution in [0.25, 0.3) is 10.9 Å². The number of methoxy groups -OCH3 is 2. The summed E-state index contributed by atoms with van der Waals surface area (Å²) in [6, 6.07) is 9.93. The van der Waals surface area contributed by atoms with Crippen molar-refractivity contribution < 1.29 is 23.5 Å². The number of nitrogens with zero attached hydrogens (tertiary/aromatic N) is 2. The monoisotopic (exact) mass is 412 g/mol. The van der Waals surface area contributed by atoms with E-state index in [1.165, 1.54) is 11.0 Å². The molecule has 3 aromatic rings. The predicted octanol–water partition coefficient (Wildman–Crippen LogP) is 2.39. The van der Waals surface area contributed by atoms with Gasteiger partial charge < -0.3 is 14.8 Å². The number of ether oxygens (including phenoxy) is 2. The fraction of sp³-hybridized carbons (Fsp3) is 0.286. The van der Waals surface area contributed by atoms with E-state index >= 15 is 0 Å². The highest BCUT2D eigenvalue weighted by molar-refractivity contribution is 6.05. The molecule has 9 heteroatoms. The molecule has 0 bridgehead atoms. The van der Waals surface area contributed by atoms with E-state index in [-0.39, 0.29) is 42.5 Å². The quantitative estimate of drug-likeness (QED) is 0.648. The van der Waals surface area contributed by atoms with E-state index in [0.29, 0.717) is 17.0 Å². The summed E-state index contributed by atoms with van der Waals surface area (Å²) < 4.78 is 24.7. The summed E-state index contributed by atoms with van der Waals surface area (Å²) in [6.45, 7) is 0.425. The van der Waals surface area contributed by atoms with Crippen LogP contribution in [0, 0.1) is 11.7 Å².